The third-order valence-corrected chi connectivity index (χ3v) is 8.14. The Balaban J connectivity index is 1.45. The number of nitrogens with one attached hydrogen (secondary N) is 2. The van der Waals surface area contributed by atoms with Crippen LogP contribution in [-0.4, -0.2) is 66.1 Å². The molecule has 0 bridgehead atoms. The largest absolute Gasteiger partial charge is 0.381 e. The molecule has 10 heteroatoms. The molecule has 3 aliphatic heterocycles. The van der Waals surface area contributed by atoms with Gasteiger partial charge in [0.1, 0.15) is 5.82 Å². The summed E-state index contributed by atoms with van der Waals surface area (Å²) < 4.78 is 7.86. The van der Waals surface area contributed by atoms with Crippen molar-refractivity contribution < 1.29 is 9.53 Å². The zero-order chi connectivity index (χ0) is 26.9. The highest BCUT2D eigenvalue weighted by molar-refractivity contribution is 5.80. The summed E-state index contributed by atoms with van der Waals surface area (Å²) in [5, 5.41) is 21.3. The van der Waals surface area contributed by atoms with Gasteiger partial charge < -0.3 is 25.2 Å². The number of anilines is 3. The molecule has 3 aromatic rings. The van der Waals surface area contributed by atoms with Gasteiger partial charge >= 0.3 is 6.03 Å². The van der Waals surface area contributed by atoms with E-state index in [-0.39, 0.29) is 6.03 Å². The molecule has 0 radical (unpaired) electrons. The number of rotatable bonds is 4. The number of nitriles is 1. The number of hydrogen-bond acceptors (Lipinski definition) is 7. The molecule has 39 heavy (non-hydrogen) atoms. The van der Waals surface area contributed by atoms with Crippen LogP contribution >= 0.6 is 0 Å². The maximum absolute atomic E-state index is 12.6. The lowest BCUT2D eigenvalue weighted by Crippen LogP contribution is -2.42. The van der Waals surface area contributed by atoms with E-state index >= 15 is 0 Å². The number of aryl methyl sites for hydroxylation is 1. The summed E-state index contributed by atoms with van der Waals surface area (Å²) in [5.74, 6) is 1.67. The second-order valence-corrected chi connectivity index (χ2v) is 10.3. The highest BCUT2D eigenvalue weighted by Crippen LogP contribution is 2.41. The molecule has 1 aromatic carbocycles. The summed E-state index contributed by atoms with van der Waals surface area (Å²) >= 11 is 0. The molecule has 0 spiro atoms. The topological polar surface area (TPSA) is 111 Å². The van der Waals surface area contributed by atoms with Crippen LogP contribution in [0.3, 0.4) is 0 Å². The number of ether oxygens (including phenoxy) is 1. The molecule has 6 rings (SSSR count). The molecule has 3 aliphatic rings. The number of aromatic nitrogens is 3. The van der Waals surface area contributed by atoms with Gasteiger partial charge in [0.2, 0.25) is 0 Å². The van der Waals surface area contributed by atoms with Crippen LogP contribution in [0.2, 0.25) is 0 Å². The molecule has 2 amide bonds. The predicted octanol–water partition coefficient (Wildman–Crippen LogP) is 3.99. The molecule has 2 aromatic heterocycles. The summed E-state index contributed by atoms with van der Waals surface area (Å²) in [5.41, 5.74) is 7.06. The molecule has 1 saturated heterocycles. The van der Waals surface area contributed by atoms with Gasteiger partial charge in [0, 0.05) is 75.5 Å². The Morgan fingerprint density at radius 2 is 2.00 bits per heavy atom. The van der Waals surface area contributed by atoms with Crippen LogP contribution in [-0.2, 0) is 24.1 Å². The van der Waals surface area contributed by atoms with Crippen molar-refractivity contribution in [2.45, 2.75) is 44.7 Å². The van der Waals surface area contributed by atoms with Crippen LogP contribution in [0.1, 0.15) is 47.7 Å². The van der Waals surface area contributed by atoms with Crippen LogP contribution in [0.15, 0.2) is 30.5 Å². The minimum atomic E-state index is -0.0702. The van der Waals surface area contributed by atoms with Crippen LogP contribution in [0.5, 0.6) is 0 Å². The predicted molar refractivity (Wildman–Crippen MR) is 149 cm³/mol. The Labute approximate surface area is 228 Å². The normalized spacial score (nSPS) is 17.3. The van der Waals surface area contributed by atoms with E-state index in [1.807, 2.05) is 30.1 Å². The number of amides is 2. The van der Waals surface area contributed by atoms with Gasteiger partial charge in [-0.05, 0) is 61.1 Å². The van der Waals surface area contributed by atoms with E-state index in [4.69, 9.17) is 9.84 Å². The van der Waals surface area contributed by atoms with Gasteiger partial charge in [-0.1, -0.05) is 0 Å². The summed E-state index contributed by atoms with van der Waals surface area (Å²) in [4.78, 5) is 21.1. The molecular weight excluding hydrogens is 492 g/mol. The fourth-order valence-corrected chi connectivity index (χ4v) is 6.13. The van der Waals surface area contributed by atoms with Crippen molar-refractivity contribution in [1.82, 2.24) is 25.0 Å². The zero-order valence-corrected chi connectivity index (χ0v) is 22.5. The van der Waals surface area contributed by atoms with Gasteiger partial charge in [0.05, 0.1) is 24.2 Å². The van der Waals surface area contributed by atoms with Crippen molar-refractivity contribution in [1.29, 1.82) is 5.26 Å². The van der Waals surface area contributed by atoms with Crippen LogP contribution in [0.25, 0.3) is 11.1 Å². The first-order valence-electron chi connectivity index (χ1n) is 13.7. The Kier molecular flexibility index (Phi) is 6.83. The molecular formula is C29H34N8O2. The van der Waals surface area contributed by atoms with Gasteiger partial charge in [-0.25, -0.2) is 9.78 Å². The van der Waals surface area contributed by atoms with Gasteiger partial charge in [0.15, 0.2) is 5.82 Å². The Bertz CT molecular complexity index is 1440. The fourth-order valence-electron chi connectivity index (χ4n) is 6.13. The van der Waals surface area contributed by atoms with Crippen molar-refractivity contribution in [2.75, 3.05) is 50.6 Å². The molecule has 202 valence electrons. The number of fused-ring (bicyclic) bond motifs is 2. The molecule has 0 unspecified atom stereocenters. The summed E-state index contributed by atoms with van der Waals surface area (Å²) in [6.07, 6.45) is 6.32. The standard InChI is InChI=1S/C29H34N8O2/c1-31-27-16-19(5-9-33-27)23-14-20-4-3-10-36(26(20)15-21(23)17-30)28-24-18-35(29(38)32-2)11-6-25(24)37(34-28)22-7-12-39-13-8-22/h5,9,14-16,22H,3-4,6-8,10-13,18H2,1-2H3,(H,31,33)(H,32,38). The van der Waals surface area contributed by atoms with E-state index in [9.17, 15) is 10.1 Å². The number of carbonyl (C=O) groups is 1. The monoisotopic (exact) mass is 526 g/mol. The van der Waals surface area contributed by atoms with Gasteiger partial charge in [0.25, 0.3) is 0 Å². The average molecular weight is 527 g/mol. The Morgan fingerprint density at radius 3 is 2.77 bits per heavy atom. The van der Waals surface area contributed by atoms with Crippen molar-refractivity contribution >= 4 is 23.4 Å². The smallest absolute Gasteiger partial charge is 0.317 e. The first-order valence-corrected chi connectivity index (χ1v) is 13.7. The van der Waals surface area contributed by atoms with E-state index < -0.39 is 0 Å². The molecule has 10 nitrogen and oxygen atoms in total. The van der Waals surface area contributed by atoms with E-state index in [0.717, 1.165) is 85.9 Å². The molecule has 5 heterocycles. The Hall–Kier alpha value is -4.10. The number of benzene rings is 1. The third kappa shape index (κ3) is 4.57. The number of carbonyl (C=O) groups excluding carboxylic acids is 1. The van der Waals surface area contributed by atoms with Crippen LogP contribution in [0, 0.1) is 11.3 Å². The molecule has 0 atom stereocenters. The Morgan fingerprint density at radius 1 is 1.15 bits per heavy atom. The van der Waals surface area contributed by atoms with Gasteiger partial charge in [-0.2, -0.15) is 10.4 Å². The van der Waals surface area contributed by atoms with Crippen LogP contribution < -0.4 is 15.5 Å². The fraction of sp³-hybridized carbons (Fsp3) is 0.448. The van der Waals surface area contributed by atoms with Crippen LogP contribution in [0.4, 0.5) is 22.1 Å². The first kappa shape index (κ1) is 25.2. The van der Waals surface area contributed by atoms with E-state index in [2.05, 4.69) is 37.3 Å². The van der Waals surface area contributed by atoms with Gasteiger partial charge in [-0.3, -0.25) is 4.68 Å². The minimum Gasteiger partial charge on any atom is -0.381 e. The van der Waals surface area contributed by atoms with E-state index in [0.29, 0.717) is 24.7 Å². The second-order valence-electron chi connectivity index (χ2n) is 10.3. The van der Waals surface area contributed by atoms with Crippen molar-refractivity contribution in [3.63, 3.8) is 0 Å². The molecule has 2 N–H and O–H groups in total. The van der Waals surface area contributed by atoms with Crippen molar-refractivity contribution in [2.24, 2.45) is 0 Å². The number of urea groups is 1. The molecule has 0 aliphatic carbocycles. The van der Waals surface area contributed by atoms with Gasteiger partial charge in [-0.15, -0.1) is 0 Å². The SMILES string of the molecule is CNC(=O)N1CCc2c(c(N3CCCc4cc(-c5ccnc(NC)c5)c(C#N)cc43)nn2C2CCOCC2)C1. The van der Waals surface area contributed by atoms with E-state index in [1.54, 1.807) is 13.2 Å². The second kappa shape index (κ2) is 10.6. The third-order valence-electron chi connectivity index (χ3n) is 8.14. The summed E-state index contributed by atoms with van der Waals surface area (Å²) in [6.45, 7) is 3.48. The maximum Gasteiger partial charge on any atom is 0.317 e. The summed E-state index contributed by atoms with van der Waals surface area (Å²) in [7, 11) is 3.52. The lowest BCUT2D eigenvalue weighted by atomic mass is 9.92. The number of hydrogen-bond donors (Lipinski definition) is 2. The molecule has 1 fully saturated rings. The first-order chi connectivity index (χ1) is 19.1. The van der Waals surface area contributed by atoms with Crippen molar-refractivity contribution in [3.8, 4) is 17.2 Å². The molecule has 0 saturated carbocycles. The number of nitrogens with zero attached hydrogens (tertiary/aromatic N) is 6. The zero-order valence-electron chi connectivity index (χ0n) is 22.5. The lowest BCUT2D eigenvalue weighted by molar-refractivity contribution is 0.0651. The highest BCUT2D eigenvalue weighted by atomic mass is 16.5. The van der Waals surface area contributed by atoms with E-state index in [1.165, 1.54) is 11.3 Å². The van der Waals surface area contributed by atoms with Crippen molar-refractivity contribution in [3.05, 3.63) is 52.8 Å². The average Bonchev–Trinajstić information content (AvgIpc) is 3.38. The number of pyridine rings is 1. The lowest BCUT2D eigenvalue weighted by Gasteiger charge is -2.33. The maximum atomic E-state index is 12.6. The minimum absolute atomic E-state index is 0.0702. The quantitative estimate of drug-likeness (QED) is 0.529. The highest BCUT2D eigenvalue weighted by Gasteiger charge is 2.34. The summed E-state index contributed by atoms with van der Waals surface area (Å²) in [6, 6.07) is 10.8.